The average Bonchev–Trinajstić information content (AvgIpc) is 3.07. The number of aryl methyl sites for hydroxylation is 1. The van der Waals surface area contributed by atoms with E-state index in [-0.39, 0.29) is 10.3 Å². The molecule has 3 rings (SSSR count). The molecule has 1 heterocycles. The second-order valence-electron chi connectivity index (χ2n) is 7.04. The van der Waals surface area contributed by atoms with E-state index in [2.05, 4.69) is 24.1 Å². The van der Waals surface area contributed by atoms with Gasteiger partial charge in [-0.2, -0.15) is 0 Å². The molecule has 0 radical (unpaired) electrons. The van der Waals surface area contributed by atoms with Crippen LogP contribution in [0.2, 0.25) is 0 Å². The minimum atomic E-state index is -3.64. The number of hydrogen-bond donors (Lipinski definition) is 2. The normalized spacial score (nSPS) is 22.2. The smallest absolute Gasteiger partial charge is 0.238 e. The Balaban J connectivity index is 1.72. The van der Waals surface area contributed by atoms with Gasteiger partial charge in [-0.3, -0.25) is 4.98 Å². The summed E-state index contributed by atoms with van der Waals surface area (Å²) < 4.78 is 22.7. The number of pyridine rings is 1. The highest BCUT2D eigenvalue weighted by Gasteiger charge is 2.57. The van der Waals surface area contributed by atoms with E-state index in [0.717, 1.165) is 23.5 Å². The molecule has 3 N–H and O–H groups in total. The van der Waals surface area contributed by atoms with Gasteiger partial charge in [-0.1, -0.05) is 26.0 Å². The maximum absolute atomic E-state index is 11.4. The lowest BCUT2D eigenvalue weighted by molar-refractivity contribution is 0.565. The Hall–Kier alpha value is -1.92. The van der Waals surface area contributed by atoms with E-state index >= 15 is 0 Å². The van der Waals surface area contributed by atoms with Gasteiger partial charge < -0.3 is 5.32 Å². The molecule has 128 valence electrons. The molecule has 1 aromatic carbocycles. The fraction of sp³-hybridized carbons (Fsp3) is 0.389. The molecule has 0 saturated heterocycles. The van der Waals surface area contributed by atoms with E-state index in [9.17, 15) is 8.42 Å². The zero-order valence-electron chi connectivity index (χ0n) is 14.2. The summed E-state index contributed by atoms with van der Waals surface area (Å²) in [4.78, 5) is 4.45. The van der Waals surface area contributed by atoms with Crippen LogP contribution in [0.3, 0.4) is 0 Å². The predicted octanol–water partition coefficient (Wildman–Crippen LogP) is 2.89. The van der Waals surface area contributed by atoms with Crippen molar-refractivity contribution in [1.82, 2.24) is 4.98 Å². The molecule has 0 amide bonds. The molecule has 5 nitrogen and oxygen atoms in total. The summed E-state index contributed by atoms with van der Waals surface area (Å²) in [5.41, 5.74) is 3.38. The van der Waals surface area contributed by atoms with Crippen LogP contribution < -0.4 is 10.5 Å². The predicted molar refractivity (Wildman–Crippen MR) is 95.3 cm³/mol. The Morgan fingerprint density at radius 1 is 1.21 bits per heavy atom. The zero-order valence-corrected chi connectivity index (χ0v) is 15.0. The van der Waals surface area contributed by atoms with Crippen molar-refractivity contribution in [3.8, 4) is 0 Å². The third-order valence-electron chi connectivity index (χ3n) is 5.14. The second kappa shape index (κ2) is 5.86. The highest BCUT2D eigenvalue weighted by Crippen LogP contribution is 2.64. The summed E-state index contributed by atoms with van der Waals surface area (Å²) in [6.45, 7) is 7.34. The molecule has 1 aromatic heterocycles. The minimum absolute atomic E-state index is 0.158. The molecular formula is C18H23N3O2S. The summed E-state index contributed by atoms with van der Waals surface area (Å²) in [6, 6.07) is 10.9. The van der Waals surface area contributed by atoms with Crippen LogP contribution in [-0.4, -0.2) is 19.9 Å². The Bertz CT molecular complexity index is 845. The van der Waals surface area contributed by atoms with Crippen LogP contribution >= 0.6 is 0 Å². The van der Waals surface area contributed by atoms with Crippen molar-refractivity contribution in [3.05, 3.63) is 53.9 Å². The first-order valence-electron chi connectivity index (χ1n) is 7.99. The Morgan fingerprint density at radius 3 is 2.46 bits per heavy atom. The van der Waals surface area contributed by atoms with Crippen molar-refractivity contribution in [2.75, 3.05) is 11.9 Å². The van der Waals surface area contributed by atoms with Crippen LogP contribution in [0.1, 0.15) is 31.0 Å². The Labute approximate surface area is 143 Å². The number of nitrogens with two attached hydrogens (primary N) is 1. The van der Waals surface area contributed by atoms with Gasteiger partial charge in [-0.25, -0.2) is 13.6 Å². The largest absolute Gasteiger partial charge is 0.383 e. The van der Waals surface area contributed by atoms with Crippen LogP contribution in [-0.2, 0) is 10.0 Å². The zero-order chi connectivity index (χ0) is 17.5. The third-order valence-corrected chi connectivity index (χ3v) is 6.07. The van der Waals surface area contributed by atoms with Gasteiger partial charge in [0.1, 0.15) is 0 Å². The molecule has 2 atom stereocenters. The Morgan fingerprint density at radius 2 is 1.88 bits per heavy atom. The number of rotatable bonds is 5. The maximum atomic E-state index is 11.4. The van der Waals surface area contributed by atoms with E-state index in [4.69, 9.17) is 5.14 Å². The SMILES string of the molecule is Cc1ncccc1NCC1C(c2ccc(S(N)(=O)=O)cc2)C1(C)C. The molecule has 1 aliphatic carbocycles. The van der Waals surface area contributed by atoms with Crippen molar-refractivity contribution in [2.24, 2.45) is 16.5 Å². The van der Waals surface area contributed by atoms with Crippen LogP contribution in [0.5, 0.6) is 0 Å². The molecule has 1 aliphatic rings. The number of primary sulfonamides is 1. The van der Waals surface area contributed by atoms with Gasteiger partial charge in [-0.05, 0) is 54.0 Å². The fourth-order valence-corrected chi connectivity index (χ4v) is 4.06. The molecule has 24 heavy (non-hydrogen) atoms. The number of aromatic nitrogens is 1. The highest BCUT2D eigenvalue weighted by atomic mass is 32.2. The summed E-state index contributed by atoms with van der Waals surface area (Å²) >= 11 is 0. The minimum Gasteiger partial charge on any atom is -0.383 e. The second-order valence-corrected chi connectivity index (χ2v) is 8.60. The molecule has 6 heteroatoms. The van der Waals surface area contributed by atoms with E-state index in [1.54, 1.807) is 18.3 Å². The van der Waals surface area contributed by atoms with Crippen molar-refractivity contribution >= 4 is 15.7 Å². The van der Waals surface area contributed by atoms with Gasteiger partial charge in [0, 0.05) is 12.7 Å². The number of sulfonamides is 1. The summed E-state index contributed by atoms with van der Waals surface area (Å²) in [5, 5.41) is 8.65. The first-order valence-corrected chi connectivity index (χ1v) is 9.54. The third kappa shape index (κ3) is 3.16. The fourth-order valence-electron chi connectivity index (χ4n) is 3.54. The van der Waals surface area contributed by atoms with Crippen molar-refractivity contribution in [1.29, 1.82) is 0 Å². The Kier molecular flexibility index (Phi) is 4.13. The molecule has 0 aliphatic heterocycles. The van der Waals surface area contributed by atoms with E-state index in [0.29, 0.717) is 11.8 Å². The summed E-state index contributed by atoms with van der Waals surface area (Å²) in [6.07, 6.45) is 1.79. The maximum Gasteiger partial charge on any atom is 0.238 e. The topological polar surface area (TPSA) is 85.1 Å². The lowest BCUT2D eigenvalue weighted by atomic mass is 10.0. The number of nitrogens with zero attached hydrogens (tertiary/aromatic N) is 1. The van der Waals surface area contributed by atoms with Crippen molar-refractivity contribution in [3.63, 3.8) is 0 Å². The first kappa shape index (κ1) is 16.9. The number of benzene rings is 1. The quantitative estimate of drug-likeness (QED) is 0.872. The van der Waals surface area contributed by atoms with Gasteiger partial charge in [-0.15, -0.1) is 0 Å². The highest BCUT2D eigenvalue weighted by molar-refractivity contribution is 7.89. The van der Waals surface area contributed by atoms with Crippen LogP contribution in [0.25, 0.3) is 0 Å². The molecular weight excluding hydrogens is 322 g/mol. The van der Waals surface area contributed by atoms with Crippen LogP contribution in [0.4, 0.5) is 5.69 Å². The number of anilines is 1. The van der Waals surface area contributed by atoms with Crippen molar-refractivity contribution < 1.29 is 8.42 Å². The molecule has 1 saturated carbocycles. The average molecular weight is 345 g/mol. The molecule has 2 unspecified atom stereocenters. The lowest BCUT2D eigenvalue weighted by Gasteiger charge is -2.09. The van der Waals surface area contributed by atoms with Gasteiger partial charge >= 0.3 is 0 Å². The van der Waals surface area contributed by atoms with E-state index < -0.39 is 10.0 Å². The lowest BCUT2D eigenvalue weighted by Crippen LogP contribution is -2.11. The first-order chi connectivity index (χ1) is 11.2. The summed E-state index contributed by atoms with van der Waals surface area (Å²) in [5.74, 6) is 0.883. The standard InChI is InChI=1S/C18H23N3O2S/c1-12-16(5-4-10-20-12)21-11-15-17(18(15,2)3)13-6-8-14(9-7-13)24(19,22)23/h4-10,15,17,21H,11H2,1-3H3,(H2,19,22,23). The number of hydrogen-bond acceptors (Lipinski definition) is 4. The summed E-state index contributed by atoms with van der Waals surface area (Å²) in [7, 11) is -3.64. The number of nitrogens with one attached hydrogen (secondary N) is 1. The van der Waals surface area contributed by atoms with Gasteiger partial charge in [0.25, 0.3) is 0 Å². The monoisotopic (exact) mass is 345 g/mol. The van der Waals surface area contributed by atoms with Crippen LogP contribution in [0.15, 0.2) is 47.5 Å². The van der Waals surface area contributed by atoms with Gasteiger partial charge in [0.2, 0.25) is 10.0 Å². The van der Waals surface area contributed by atoms with E-state index in [1.807, 2.05) is 31.2 Å². The van der Waals surface area contributed by atoms with Crippen molar-refractivity contribution in [2.45, 2.75) is 31.6 Å². The van der Waals surface area contributed by atoms with Crippen LogP contribution in [0, 0.1) is 18.3 Å². The molecule has 0 spiro atoms. The van der Waals surface area contributed by atoms with Gasteiger partial charge in [0.15, 0.2) is 0 Å². The molecule has 2 aromatic rings. The van der Waals surface area contributed by atoms with Gasteiger partial charge in [0.05, 0.1) is 16.3 Å². The molecule has 1 fully saturated rings. The molecule has 0 bridgehead atoms. The van der Waals surface area contributed by atoms with E-state index in [1.165, 1.54) is 0 Å².